The lowest BCUT2D eigenvalue weighted by Gasteiger charge is -2.38. The highest BCUT2D eigenvalue weighted by molar-refractivity contribution is 8.19. The highest BCUT2D eigenvalue weighted by Gasteiger charge is 2.36. The number of rotatable bonds is 40. The maximum absolute atomic E-state index is 12.5. The molecule has 0 aromatic heterocycles. The maximum atomic E-state index is 12.5. The maximum Gasteiger partial charge on any atom is 0.135 e. The molecule has 4 N–H and O–H groups in total. The molecule has 0 aromatic rings. The average Bonchev–Trinajstić information content (AvgIpc) is 3.20. The van der Waals surface area contributed by atoms with E-state index < -0.39 is 12.2 Å². The van der Waals surface area contributed by atoms with Gasteiger partial charge in [-0.25, -0.2) is 0 Å². The zero-order valence-corrected chi connectivity index (χ0v) is 41.4. The Morgan fingerprint density at radius 2 is 0.729 bits per heavy atom. The van der Waals surface area contributed by atoms with E-state index in [0.717, 1.165) is 128 Å². The van der Waals surface area contributed by atoms with Gasteiger partial charge in [0.05, 0.1) is 32.6 Å². The van der Waals surface area contributed by atoms with Crippen LogP contribution in [0.15, 0.2) is 0 Å². The number of ketones is 2. The third kappa shape index (κ3) is 28.9. The minimum Gasteiger partial charge on any atom is -0.393 e. The van der Waals surface area contributed by atoms with Crippen molar-refractivity contribution in [2.45, 2.75) is 271 Å². The molecule has 6 nitrogen and oxygen atoms in total. The first-order valence-corrected chi connectivity index (χ1v) is 28.9. The summed E-state index contributed by atoms with van der Waals surface area (Å²) in [5.41, 5.74) is 0. The van der Waals surface area contributed by atoms with Crippen molar-refractivity contribution in [2.75, 3.05) is 23.0 Å². The number of unbranched alkanes of at least 4 members (excludes halogenated alkanes) is 16. The average molecular weight is 906 g/mol. The van der Waals surface area contributed by atoms with Crippen molar-refractivity contribution in [3.8, 4) is 0 Å². The molecule has 2 rings (SSSR count). The zero-order chi connectivity index (χ0) is 42.9. The molecule has 0 aliphatic carbocycles. The van der Waals surface area contributed by atoms with Crippen LogP contribution in [-0.4, -0.2) is 87.6 Å². The molecule has 348 valence electrons. The van der Waals surface area contributed by atoms with E-state index in [1.807, 2.05) is 0 Å². The van der Waals surface area contributed by atoms with Gasteiger partial charge in [-0.2, -0.15) is 0 Å². The minimum atomic E-state index is -0.513. The molecule has 4 unspecified atom stereocenters. The Kier molecular flexibility index (Phi) is 33.9. The summed E-state index contributed by atoms with van der Waals surface area (Å²) in [6.07, 6.45) is 33.4. The Morgan fingerprint density at radius 3 is 1.08 bits per heavy atom. The Morgan fingerprint density at radius 1 is 0.424 bits per heavy atom. The summed E-state index contributed by atoms with van der Waals surface area (Å²) >= 11 is 8.26. The first-order chi connectivity index (χ1) is 28.6. The van der Waals surface area contributed by atoms with Crippen LogP contribution in [0.2, 0.25) is 0 Å². The molecule has 2 fully saturated rings. The number of carbonyl (C=O) groups excluding carboxylic acids is 2. The second-order valence-electron chi connectivity index (χ2n) is 18.3. The number of aliphatic hydroxyl groups is 4. The zero-order valence-electron chi connectivity index (χ0n) is 38.1. The molecular weight excluding hydrogens is 813 g/mol. The Hall–Kier alpha value is 0.580. The summed E-state index contributed by atoms with van der Waals surface area (Å²) in [5, 5.41) is 42.4. The van der Waals surface area contributed by atoms with Crippen molar-refractivity contribution < 1.29 is 30.0 Å². The molecule has 0 saturated carbocycles. The Balaban J connectivity index is 1.40. The first-order valence-electron chi connectivity index (χ1n) is 24.9. The molecule has 0 bridgehead atoms. The lowest BCUT2D eigenvalue weighted by molar-refractivity contribution is -0.122. The monoisotopic (exact) mass is 905 g/mol. The van der Waals surface area contributed by atoms with Crippen molar-refractivity contribution in [3.05, 3.63) is 0 Å². The second kappa shape index (κ2) is 35.9. The van der Waals surface area contributed by atoms with Crippen LogP contribution in [0.3, 0.4) is 0 Å². The van der Waals surface area contributed by atoms with Gasteiger partial charge in [-0.05, 0) is 100 Å². The van der Waals surface area contributed by atoms with Gasteiger partial charge >= 0.3 is 0 Å². The predicted molar refractivity (Wildman–Crippen MR) is 262 cm³/mol. The van der Waals surface area contributed by atoms with Crippen LogP contribution in [-0.2, 0) is 9.59 Å². The number of aliphatic hydroxyl groups excluding tert-OH is 4. The first kappa shape index (κ1) is 55.7. The molecule has 0 aromatic carbocycles. The number of hydrogen-bond acceptors (Lipinski definition) is 10. The van der Waals surface area contributed by atoms with Crippen molar-refractivity contribution >= 4 is 58.6 Å². The lowest BCUT2D eigenvalue weighted by Crippen LogP contribution is -2.30. The fraction of sp³-hybridized carbons (Fsp3) is 0.959. The van der Waals surface area contributed by atoms with E-state index >= 15 is 0 Å². The lowest BCUT2D eigenvalue weighted by atomic mass is 9.99. The summed E-state index contributed by atoms with van der Waals surface area (Å²) in [6.45, 7) is 4.42. The third-order valence-corrected chi connectivity index (χ3v) is 19.4. The summed E-state index contributed by atoms with van der Waals surface area (Å²) in [4.78, 5) is 25.0. The minimum absolute atomic E-state index is 0.158. The Bertz CT molecular complexity index is 942. The van der Waals surface area contributed by atoms with Gasteiger partial charge in [0.15, 0.2) is 0 Å². The molecule has 10 heteroatoms. The normalized spacial score (nSPS) is 18.7. The van der Waals surface area contributed by atoms with Gasteiger partial charge in [0.2, 0.25) is 0 Å². The predicted octanol–water partition coefficient (Wildman–Crippen LogP) is 13.6. The smallest absolute Gasteiger partial charge is 0.135 e. The van der Waals surface area contributed by atoms with Crippen molar-refractivity contribution in [1.29, 1.82) is 0 Å². The van der Waals surface area contributed by atoms with Crippen molar-refractivity contribution in [3.63, 3.8) is 0 Å². The fourth-order valence-electron chi connectivity index (χ4n) is 8.86. The van der Waals surface area contributed by atoms with Crippen molar-refractivity contribution in [1.82, 2.24) is 0 Å². The van der Waals surface area contributed by atoms with Crippen LogP contribution in [0.25, 0.3) is 0 Å². The van der Waals surface area contributed by atoms with E-state index in [2.05, 4.69) is 60.9 Å². The van der Waals surface area contributed by atoms with Gasteiger partial charge in [-0.15, -0.1) is 47.0 Å². The fourth-order valence-corrected chi connectivity index (χ4v) is 15.9. The van der Waals surface area contributed by atoms with Crippen LogP contribution in [0.1, 0.15) is 239 Å². The van der Waals surface area contributed by atoms with Crippen LogP contribution < -0.4 is 0 Å². The molecule has 0 amide bonds. The van der Waals surface area contributed by atoms with Gasteiger partial charge in [0.25, 0.3) is 0 Å². The molecule has 2 saturated heterocycles. The van der Waals surface area contributed by atoms with Gasteiger partial charge in [0, 0.05) is 25.7 Å². The molecular formula is C49H92O6S4. The number of carbonyl (C=O) groups is 2. The summed E-state index contributed by atoms with van der Waals surface area (Å²) in [5.74, 6) is 5.19. The highest BCUT2D eigenvalue weighted by atomic mass is 32.2. The molecule has 2 aliphatic rings. The van der Waals surface area contributed by atoms with Gasteiger partial charge < -0.3 is 20.4 Å². The number of Topliss-reactive ketones (excluding diaryl/α,β-unsaturated/α-hetero) is 2. The van der Waals surface area contributed by atoms with E-state index in [-0.39, 0.29) is 31.9 Å². The topological polar surface area (TPSA) is 115 Å². The van der Waals surface area contributed by atoms with E-state index in [9.17, 15) is 30.0 Å². The van der Waals surface area contributed by atoms with Crippen molar-refractivity contribution in [2.24, 2.45) is 0 Å². The molecule has 2 aliphatic heterocycles. The number of thioether (sulfide) groups is 4. The molecule has 0 spiro atoms. The quantitative estimate of drug-likeness (QED) is 0.0443. The van der Waals surface area contributed by atoms with E-state index in [1.165, 1.54) is 80.8 Å². The Labute approximate surface area is 380 Å². The third-order valence-electron chi connectivity index (χ3n) is 12.4. The largest absolute Gasteiger partial charge is 0.393 e. The number of hydrogen-bond donors (Lipinski definition) is 4. The van der Waals surface area contributed by atoms with Crippen LogP contribution >= 0.6 is 47.0 Å². The summed E-state index contributed by atoms with van der Waals surface area (Å²) < 4.78 is 0.315. The molecule has 0 radical (unpaired) electrons. The standard InChI is InChI=1S/C49H92O6S4/c1-3-5-16-30-46(54)40-48(56-34-24-35-57-48)32-22-14-20-28-44(52)38-42(50)26-18-12-10-8-7-9-11-13-19-27-43(51)39-45(53)29-21-15-23-33-49(58-36-25-37-59-49)41-47(55)31-17-6-4-2/h44-47,52-55H,3-41H2,1-2H3. The van der Waals surface area contributed by atoms with Crippen LogP contribution in [0.5, 0.6) is 0 Å². The second-order valence-corrected chi connectivity index (χ2v) is 24.7. The SMILES string of the molecule is CCCCCC(O)CC1(CCCCCC(O)CC(=O)CCCCCCCCCCCC(=O)CC(O)CCCCCC2(CC(O)CCCCC)SCCCS2)SCCCS1. The van der Waals surface area contributed by atoms with E-state index in [4.69, 9.17) is 0 Å². The van der Waals surface area contributed by atoms with Gasteiger partial charge in [-0.1, -0.05) is 136 Å². The van der Waals surface area contributed by atoms with Crippen LogP contribution in [0.4, 0.5) is 0 Å². The van der Waals surface area contributed by atoms with Crippen LogP contribution in [0, 0.1) is 0 Å². The summed E-state index contributed by atoms with van der Waals surface area (Å²) in [7, 11) is 0. The van der Waals surface area contributed by atoms with Gasteiger partial charge in [-0.3, -0.25) is 9.59 Å². The summed E-state index contributed by atoms with van der Waals surface area (Å²) in [6, 6.07) is 0. The molecule has 4 atom stereocenters. The molecule has 59 heavy (non-hydrogen) atoms. The van der Waals surface area contributed by atoms with E-state index in [1.54, 1.807) is 0 Å². The molecule has 2 heterocycles. The van der Waals surface area contributed by atoms with Gasteiger partial charge in [0.1, 0.15) is 11.6 Å². The van der Waals surface area contributed by atoms with E-state index in [0.29, 0.717) is 38.5 Å². The highest BCUT2D eigenvalue weighted by Crippen LogP contribution is 2.50.